The Labute approximate surface area is 118 Å². The SMILES string of the molecule is OCc1ccc(OC2CCOC3(CCOCC3)C2)cn1. The first kappa shape index (κ1) is 13.8. The lowest BCUT2D eigenvalue weighted by molar-refractivity contribution is -0.155. The molecule has 1 aromatic rings. The molecular weight excluding hydrogens is 258 g/mol. The topological polar surface area (TPSA) is 60.8 Å². The van der Waals surface area contributed by atoms with Crippen molar-refractivity contribution in [2.45, 2.75) is 44.0 Å². The minimum absolute atomic E-state index is 0.0410. The summed E-state index contributed by atoms with van der Waals surface area (Å²) in [6, 6.07) is 3.66. The summed E-state index contributed by atoms with van der Waals surface area (Å²) in [6.07, 6.45) is 5.58. The summed E-state index contributed by atoms with van der Waals surface area (Å²) in [6.45, 7) is 2.26. The van der Waals surface area contributed by atoms with Gasteiger partial charge in [-0.2, -0.15) is 0 Å². The van der Waals surface area contributed by atoms with E-state index in [4.69, 9.17) is 19.3 Å². The van der Waals surface area contributed by atoms with Gasteiger partial charge in [0.15, 0.2) is 0 Å². The second kappa shape index (κ2) is 6.08. The lowest BCUT2D eigenvalue weighted by atomic mass is 9.85. The average molecular weight is 279 g/mol. The highest BCUT2D eigenvalue weighted by molar-refractivity contribution is 5.20. The molecule has 5 nitrogen and oxygen atoms in total. The number of aliphatic hydroxyl groups is 1. The average Bonchev–Trinajstić information content (AvgIpc) is 2.49. The first-order valence-electron chi connectivity index (χ1n) is 7.24. The number of hydrogen-bond acceptors (Lipinski definition) is 5. The van der Waals surface area contributed by atoms with Gasteiger partial charge in [0.25, 0.3) is 0 Å². The first-order valence-corrected chi connectivity index (χ1v) is 7.24. The number of pyridine rings is 1. The lowest BCUT2D eigenvalue weighted by Gasteiger charge is -2.43. The predicted molar refractivity (Wildman–Crippen MR) is 72.5 cm³/mol. The highest BCUT2D eigenvalue weighted by atomic mass is 16.5. The molecule has 1 unspecified atom stereocenters. The third-order valence-corrected chi connectivity index (χ3v) is 4.11. The van der Waals surface area contributed by atoms with Gasteiger partial charge in [0.2, 0.25) is 0 Å². The maximum Gasteiger partial charge on any atom is 0.138 e. The van der Waals surface area contributed by atoms with E-state index in [-0.39, 0.29) is 18.3 Å². The van der Waals surface area contributed by atoms with Crippen LogP contribution in [0.15, 0.2) is 18.3 Å². The number of aliphatic hydroxyl groups excluding tert-OH is 1. The smallest absolute Gasteiger partial charge is 0.138 e. The molecule has 0 bridgehead atoms. The molecule has 2 fully saturated rings. The second-order valence-corrected chi connectivity index (χ2v) is 5.52. The summed E-state index contributed by atoms with van der Waals surface area (Å²) >= 11 is 0. The fourth-order valence-electron chi connectivity index (χ4n) is 2.94. The molecule has 0 radical (unpaired) electrons. The number of rotatable bonds is 3. The fourth-order valence-corrected chi connectivity index (χ4v) is 2.94. The van der Waals surface area contributed by atoms with Crippen LogP contribution in [-0.2, 0) is 16.1 Å². The fraction of sp³-hybridized carbons (Fsp3) is 0.667. The highest BCUT2D eigenvalue weighted by Crippen LogP contribution is 2.35. The van der Waals surface area contributed by atoms with E-state index in [1.54, 1.807) is 12.3 Å². The summed E-state index contributed by atoms with van der Waals surface area (Å²) in [5, 5.41) is 8.98. The summed E-state index contributed by atoms with van der Waals surface area (Å²) in [5.74, 6) is 0.760. The van der Waals surface area contributed by atoms with E-state index in [9.17, 15) is 0 Å². The lowest BCUT2D eigenvalue weighted by Crippen LogP contribution is -2.47. The molecule has 110 valence electrons. The summed E-state index contributed by atoms with van der Waals surface area (Å²) in [5.41, 5.74) is 0.602. The molecule has 5 heteroatoms. The van der Waals surface area contributed by atoms with Crippen molar-refractivity contribution in [1.82, 2.24) is 4.98 Å². The molecule has 1 N–H and O–H groups in total. The quantitative estimate of drug-likeness (QED) is 0.912. The van der Waals surface area contributed by atoms with Crippen LogP contribution in [0.4, 0.5) is 0 Å². The predicted octanol–water partition coefficient (Wildman–Crippen LogP) is 1.68. The van der Waals surface area contributed by atoms with E-state index in [0.29, 0.717) is 5.69 Å². The molecule has 0 aliphatic carbocycles. The summed E-state index contributed by atoms with van der Waals surface area (Å²) < 4.78 is 17.4. The molecule has 1 atom stereocenters. The zero-order valence-corrected chi connectivity index (χ0v) is 11.6. The van der Waals surface area contributed by atoms with E-state index in [1.807, 2.05) is 6.07 Å². The number of hydrogen-bond donors (Lipinski definition) is 1. The molecule has 20 heavy (non-hydrogen) atoms. The van der Waals surface area contributed by atoms with Crippen molar-refractivity contribution in [3.63, 3.8) is 0 Å². The number of nitrogens with zero attached hydrogens (tertiary/aromatic N) is 1. The van der Waals surface area contributed by atoms with Gasteiger partial charge in [-0.25, -0.2) is 0 Å². The van der Waals surface area contributed by atoms with Gasteiger partial charge in [-0.15, -0.1) is 0 Å². The van der Waals surface area contributed by atoms with Gasteiger partial charge in [0.05, 0.1) is 30.7 Å². The Bertz CT molecular complexity index is 422. The van der Waals surface area contributed by atoms with Crippen molar-refractivity contribution in [3.8, 4) is 5.75 Å². The Morgan fingerprint density at radius 1 is 1.30 bits per heavy atom. The van der Waals surface area contributed by atoms with Crippen LogP contribution in [0.3, 0.4) is 0 Å². The molecule has 3 heterocycles. The van der Waals surface area contributed by atoms with Crippen LogP contribution in [-0.4, -0.2) is 41.6 Å². The minimum atomic E-state index is -0.0559. The van der Waals surface area contributed by atoms with E-state index in [1.165, 1.54) is 0 Å². The van der Waals surface area contributed by atoms with Crippen LogP contribution < -0.4 is 4.74 Å². The van der Waals surface area contributed by atoms with E-state index < -0.39 is 0 Å². The Balaban J connectivity index is 1.61. The summed E-state index contributed by atoms with van der Waals surface area (Å²) in [4.78, 5) is 4.14. The van der Waals surface area contributed by atoms with Gasteiger partial charge in [0.1, 0.15) is 11.9 Å². The van der Waals surface area contributed by atoms with Crippen molar-refractivity contribution in [2.24, 2.45) is 0 Å². The maximum absolute atomic E-state index is 8.98. The monoisotopic (exact) mass is 279 g/mol. The van der Waals surface area contributed by atoms with Gasteiger partial charge >= 0.3 is 0 Å². The normalized spacial score (nSPS) is 25.6. The van der Waals surface area contributed by atoms with E-state index in [0.717, 1.165) is 51.3 Å². The highest BCUT2D eigenvalue weighted by Gasteiger charge is 2.39. The van der Waals surface area contributed by atoms with Gasteiger partial charge in [-0.05, 0) is 25.0 Å². The molecule has 3 rings (SSSR count). The number of ether oxygens (including phenoxy) is 3. The van der Waals surface area contributed by atoms with Gasteiger partial charge in [-0.3, -0.25) is 4.98 Å². The Kier molecular flexibility index (Phi) is 4.19. The Morgan fingerprint density at radius 3 is 2.85 bits per heavy atom. The molecule has 2 saturated heterocycles. The first-order chi connectivity index (χ1) is 9.80. The molecule has 1 aromatic heterocycles. The second-order valence-electron chi connectivity index (χ2n) is 5.52. The van der Waals surface area contributed by atoms with Crippen LogP contribution >= 0.6 is 0 Å². The maximum atomic E-state index is 8.98. The van der Waals surface area contributed by atoms with Crippen molar-refractivity contribution >= 4 is 0 Å². The molecular formula is C15H21NO4. The molecule has 0 amide bonds. The van der Waals surface area contributed by atoms with E-state index >= 15 is 0 Å². The van der Waals surface area contributed by atoms with Crippen molar-refractivity contribution in [1.29, 1.82) is 0 Å². The Hall–Kier alpha value is -1.17. The summed E-state index contributed by atoms with van der Waals surface area (Å²) in [7, 11) is 0. The molecule has 2 aliphatic heterocycles. The molecule has 2 aliphatic rings. The van der Waals surface area contributed by atoms with Crippen LogP contribution in [0.5, 0.6) is 5.75 Å². The third kappa shape index (κ3) is 3.11. The molecule has 0 saturated carbocycles. The zero-order valence-electron chi connectivity index (χ0n) is 11.6. The third-order valence-electron chi connectivity index (χ3n) is 4.11. The molecule has 0 aromatic carbocycles. The van der Waals surface area contributed by atoms with Gasteiger partial charge in [-0.1, -0.05) is 0 Å². The van der Waals surface area contributed by atoms with Crippen LogP contribution in [0.1, 0.15) is 31.4 Å². The molecule has 1 spiro atoms. The van der Waals surface area contributed by atoms with Crippen LogP contribution in [0.2, 0.25) is 0 Å². The number of aromatic nitrogens is 1. The Morgan fingerprint density at radius 2 is 2.15 bits per heavy atom. The van der Waals surface area contributed by atoms with E-state index in [2.05, 4.69) is 4.98 Å². The van der Waals surface area contributed by atoms with Gasteiger partial charge in [0, 0.05) is 26.1 Å². The van der Waals surface area contributed by atoms with Crippen LogP contribution in [0.25, 0.3) is 0 Å². The zero-order chi connectivity index (χ0) is 13.8. The van der Waals surface area contributed by atoms with Crippen molar-refractivity contribution in [3.05, 3.63) is 24.0 Å². The minimum Gasteiger partial charge on any atom is -0.489 e. The standard InChI is InChI=1S/C15H21NO4/c17-11-12-1-2-14(10-16-12)20-13-3-6-19-15(9-13)4-7-18-8-5-15/h1-2,10,13,17H,3-9,11H2. The van der Waals surface area contributed by atoms with Crippen LogP contribution in [0, 0.1) is 0 Å². The van der Waals surface area contributed by atoms with Crippen molar-refractivity contribution in [2.75, 3.05) is 19.8 Å². The van der Waals surface area contributed by atoms with Crippen molar-refractivity contribution < 1.29 is 19.3 Å². The van der Waals surface area contributed by atoms with Gasteiger partial charge < -0.3 is 19.3 Å². The largest absolute Gasteiger partial charge is 0.489 e.